The summed E-state index contributed by atoms with van der Waals surface area (Å²) in [7, 11) is 3.43. The Hall–Kier alpha value is -2.90. The Labute approximate surface area is 169 Å². The Kier molecular flexibility index (Phi) is 5.25. The summed E-state index contributed by atoms with van der Waals surface area (Å²) in [5.41, 5.74) is 1.26. The Bertz CT molecular complexity index is 967. The van der Waals surface area contributed by atoms with Crippen LogP contribution in [0, 0.1) is 0 Å². The molecule has 1 aromatic carbocycles. The molecule has 1 atom stereocenters. The van der Waals surface area contributed by atoms with E-state index in [1.807, 2.05) is 17.0 Å². The van der Waals surface area contributed by atoms with Crippen LogP contribution in [0.5, 0.6) is 0 Å². The summed E-state index contributed by atoms with van der Waals surface area (Å²) >= 11 is 0. The van der Waals surface area contributed by atoms with Crippen LogP contribution in [-0.4, -0.2) is 63.1 Å². The van der Waals surface area contributed by atoms with Gasteiger partial charge in [-0.05, 0) is 43.4 Å². The van der Waals surface area contributed by atoms with Crippen molar-refractivity contribution in [2.24, 2.45) is 0 Å². The normalized spacial score (nSPS) is 18.6. The van der Waals surface area contributed by atoms with E-state index < -0.39 is 6.04 Å². The van der Waals surface area contributed by atoms with Crippen molar-refractivity contribution in [2.75, 3.05) is 27.2 Å². The van der Waals surface area contributed by atoms with E-state index in [2.05, 4.69) is 5.10 Å². The van der Waals surface area contributed by atoms with Gasteiger partial charge in [0.05, 0.1) is 6.54 Å². The molecular weight excluding hydrogens is 370 g/mol. The van der Waals surface area contributed by atoms with Crippen molar-refractivity contribution in [2.45, 2.75) is 44.7 Å². The molecule has 8 nitrogen and oxygen atoms in total. The second-order valence-electron chi connectivity index (χ2n) is 8.06. The number of hydrogen-bond donors (Lipinski definition) is 0. The molecule has 2 aromatic rings. The van der Waals surface area contributed by atoms with Crippen LogP contribution >= 0.6 is 0 Å². The van der Waals surface area contributed by atoms with E-state index in [0.717, 1.165) is 37.9 Å². The highest BCUT2D eigenvalue weighted by Crippen LogP contribution is 2.25. The Morgan fingerprint density at radius 1 is 1.10 bits per heavy atom. The molecule has 0 spiro atoms. The highest BCUT2D eigenvalue weighted by atomic mass is 16.2. The third-order valence-electron chi connectivity index (χ3n) is 5.77. The molecule has 2 aliphatic rings. The van der Waals surface area contributed by atoms with Gasteiger partial charge in [0.2, 0.25) is 5.91 Å². The maximum atomic E-state index is 13.0. The summed E-state index contributed by atoms with van der Waals surface area (Å²) < 4.78 is 3.04. The predicted octanol–water partition coefficient (Wildman–Crippen LogP) is 1.29. The molecule has 8 heteroatoms. The number of carbonyl (C=O) groups is 2. The van der Waals surface area contributed by atoms with Gasteiger partial charge in [0.15, 0.2) is 0 Å². The molecule has 29 heavy (non-hydrogen) atoms. The molecule has 2 amide bonds. The second-order valence-corrected chi connectivity index (χ2v) is 8.06. The van der Waals surface area contributed by atoms with Crippen molar-refractivity contribution >= 4 is 11.8 Å². The molecule has 0 aliphatic carbocycles. The second kappa shape index (κ2) is 7.85. The summed E-state index contributed by atoms with van der Waals surface area (Å²) in [4.78, 5) is 41.4. The zero-order chi connectivity index (χ0) is 20.5. The van der Waals surface area contributed by atoms with Gasteiger partial charge in [0, 0.05) is 39.2 Å². The number of fused-ring (bicyclic) bond motifs is 1. The molecule has 1 aromatic heterocycles. The van der Waals surface area contributed by atoms with E-state index in [1.165, 1.54) is 9.58 Å². The molecule has 4 rings (SSSR count). The molecule has 0 saturated carbocycles. The highest BCUT2D eigenvalue weighted by molar-refractivity contribution is 5.93. The number of aromatic nitrogens is 3. The van der Waals surface area contributed by atoms with Crippen molar-refractivity contribution in [1.82, 2.24) is 24.1 Å². The monoisotopic (exact) mass is 397 g/mol. The van der Waals surface area contributed by atoms with Gasteiger partial charge in [-0.3, -0.25) is 14.2 Å². The minimum Gasteiger partial charge on any atom is -0.345 e. The van der Waals surface area contributed by atoms with Crippen molar-refractivity contribution in [3.05, 3.63) is 51.7 Å². The van der Waals surface area contributed by atoms with Gasteiger partial charge >= 0.3 is 5.69 Å². The summed E-state index contributed by atoms with van der Waals surface area (Å²) in [6.45, 7) is 1.89. The Balaban J connectivity index is 1.57. The van der Waals surface area contributed by atoms with Gasteiger partial charge in [-0.1, -0.05) is 12.1 Å². The van der Waals surface area contributed by atoms with E-state index >= 15 is 0 Å². The maximum absolute atomic E-state index is 13.0. The van der Waals surface area contributed by atoms with Crippen LogP contribution in [0.4, 0.5) is 0 Å². The van der Waals surface area contributed by atoms with Gasteiger partial charge < -0.3 is 9.80 Å². The number of amides is 2. The van der Waals surface area contributed by atoms with E-state index in [-0.39, 0.29) is 17.5 Å². The fourth-order valence-electron chi connectivity index (χ4n) is 4.20. The smallest absolute Gasteiger partial charge is 0.345 e. The third kappa shape index (κ3) is 3.71. The minimum atomic E-state index is -0.432. The molecular formula is C21H27N5O3. The van der Waals surface area contributed by atoms with E-state index in [1.54, 1.807) is 30.8 Å². The maximum Gasteiger partial charge on any atom is 0.346 e. The fraction of sp³-hybridized carbons (Fsp3) is 0.524. The zero-order valence-electron chi connectivity index (χ0n) is 17.0. The molecule has 1 saturated heterocycles. The first kappa shape index (κ1) is 19.4. The molecule has 0 radical (unpaired) electrons. The summed E-state index contributed by atoms with van der Waals surface area (Å²) in [5.74, 6) is 0.685. The number of hydrogen-bond acceptors (Lipinski definition) is 4. The summed E-state index contributed by atoms with van der Waals surface area (Å²) in [6, 6.07) is 6.78. The predicted molar refractivity (Wildman–Crippen MR) is 108 cm³/mol. The standard InChI is InChI=1S/C21H27N5O3/c1-23(2)19(27)16-10-8-15(9-11-16)14-25-21(29)26-17(6-5-7-18(26)22-25)20(28)24-12-3-4-13-24/h8-11,17H,3-7,12-14H2,1-2H3. The zero-order valence-corrected chi connectivity index (χ0v) is 17.0. The van der Waals surface area contributed by atoms with Gasteiger partial charge in [0.1, 0.15) is 11.9 Å². The Morgan fingerprint density at radius 2 is 1.79 bits per heavy atom. The van der Waals surface area contributed by atoms with Crippen LogP contribution in [0.1, 0.15) is 53.5 Å². The number of benzene rings is 1. The largest absolute Gasteiger partial charge is 0.346 e. The van der Waals surface area contributed by atoms with E-state index in [9.17, 15) is 14.4 Å². The number of carbonyl (C=O) groups excluding carboxylic acids is 2. The van der Waals surface area contributed by atoms with Crippen molar-refractivity contribution in [1.29, 1.82) is 0 Å². The Morgan fingerprint density at radius 3 is 2.45 bits per heavy atom. The van der Waals surface area contributed by atoms with Crippen molar-refractivity contribution < 1.29 is 9.59 Å². The number of likely N-dealkylation sites (tertiary alicyclic amines) is 1. The van der Waals surface area contributed by atoms with Crippen LogP contribution in [-0.2, 0) is 17.8 Å². The van der Waals surface area contributed by atoms with Crippen LogP contribution in [0.3, 0.4) is 0 Å². The first-order chi connectivity index (χ1) is 14.0. The van der Waals surface area contributed by atoms with Gasteiger partial charge in [-0.25, -0.2) is 9.48 Å². The number of rotatable bonds is 4. The summed E-state index contributed by atoms with van der Waals surface area (Å²) in [5, 5.41) is 4.51. The van der Waals surface area contributed by atoms with E-state index in [0.29, 0.717) is 30.8 Å². The van der Waals surface area contributed by atoms with Crippen LogP contribution < -0.4 is 5.69 Å². The summed E-state index contributed by atoms with van der Waals surface area (Å²) in [6.07, 6.45) is 4.33. The highest BCUT2D eigenvalue weighted by Gasteiger charge is 2.34. The van der Waals surface area contributed by atoms with Gasteiger partial charge in [-0.2, -0.15) is 5.10 Å². The topological polar surface area (TPSA) is 80.4 Å². The van der Waals surface area contributed by atoms with Gasteiger partial charge in [0.25, 0.3) is 5.91 Å². The van der Waals surface area contributed by atoms with Crippen molar-refractivity contribution in [3.63, 3.8) is 0 Å². The molecule has 2 aliphatic heterocycles. The lowest BCUT2D eigenvalue weighted by Crippen LogP contribution is -2.41. The fourth-order valence-corrected chi connectivity index (χ4v) is 4.20. The van der Waals surface area contributed by atoms with Crippen molar-refractivity contribution in [3.8, 4) is 0 Å². The van der Waals surface area contributed by atoms with Crippen LogP contribution in [0.15, 0.2) is 29.1 Å². The molecule has 1 unspecified atom stereocenters. The average Bonchev–Trinajstić information content (AvgIpc) is 3.36. The van der Waals surface area contributed by atoms with Gasteiger partial charge in [-0.15, -0.1) is 0 Å². The number of nitrogens with zero attached hydrogens (tertiary/aromatic N) is 5. The lowest BCUT2D eigenvalue weighted by Gasteiger charge is -2.27. The molecule has 3 heterocycles. The first-order valence-electron chi connectivity index (χ1n) is 10.2. The molecule has 154 valence electrons. The molecule has 0 N–H and O–H groups in total. The lowest BCUT2D eigenvalue weighted by atomic mass is 10.0. The average molecular weight is 397 g/mol. The van der Waals surface area contributed by atoms with Crippen LogP contribution in [0.2, 0.25) is 0 Å². The molecule has 0 bridgehead atoms. The molecule has 1 fully saturated rings. The lowest BCUT2D eigenvalue weighted by molar-refractivity contribution is -0.134. The first-order valence-corrected chi connectivity index (χ1v) is 10.2. The number of aryl methyl sites for hydroxylation is 1. The van der Waals surface area contributed by atoms with E-state index in [4.69, 9.17) is 0 Å². The SMILES string of the molecule is CN(C)C(=O)c1ccc(Cn2nc3n(c2=O)C(C(=O)N2CCCC2)CCC3)cc1. The minimum absolute atomic E-state index is 0.0525. The van der Waals surface area contributed by atoms with Crippen LogP contribution in [0.25, 0.3) is 0 Å². The third-order valence-corrected chi connectivity index (χ3v) is 5.77. The quantitative estimate of drug-likeness (QED) is 0.779.